The van der Waals surface area contributed by atoms with Crippen LogP contribution < -0.4 is 82.3 Å². The molecule has 2 aliphatic heterocycles. The zero-order chi connectivity index (χ0) is 71.8. The molecule has 3 rings (SSSR count). The van der Waals surface area contributed by atoms with E-state index in [-0.39, 0.29) is 95.7 Å². The molecule has 2 fully saturated rings. The number of imidazole rings is 1. The molecule has 2 aliphatic rings. The summed E-state index contributed by atoms with van der Waals surface area (Å²) in [5.74, 6) is -17.3. The number of H-pyrrole nitrogens is 1. The molecule has 40 heteroatoms. The second-order valence-electron chi connectivity index (χ2n) is 22.9. The van der Waals surface area contributed by atoms with Crippen molar-refractivity contribution < 1.29 is 97.5 Å². The summed E-state index contributed by atoms with van der Waals surface area (Å²) in [6, 6.07) is -19.0. The summed E-state index contributed by atoms with van der Waals surface area (Å²) in [4.78, 5) is 213. The Bertz CT molecular complexity index is 2900. The van der Waals surface area contributed by atoms with Crippen LogP contribution in [-0.4, -0.2) is 258 Å². The minimum Gasteiger partial charge on any atom is -0.481 e. The van der Waals surface area contributed by atoms with Gasteiger partial charge in [0.05, 0.1) is 38.4 Å². The maximum absolute atomic E-state index is 14.6. The first-order chi connectivity index (χ1) is 45.5. The number of carbonyl (C=O) groups excluding carboxylic acids is 12. The van der Waals surface area contributed by atoms with Crippen LogP contribution in [0.1, 0.15) is 115 Å². The van der Waals surface area contributed by atoms with Crippen molar-refractivity contribution in [1.82, 2.24) is 67.6 Å². The molecule has 0 aromatic carbocycles. The topological polar surface area (TPSA) is 669 Å². The Morgan fingerprint density at radius 2 is 0.990 bits per heavy atom. The molecule has 536 valence electrons. The standard InChI is InChI=1S/C56H92N20O20/c1-28(59)44(84)70-35(22-42(80)81)49(89)74-37(25-77)50(90)67-32(14-15-41(60)79)47(87)71-34(21-29-24-63-27-65-29)48(88)73-38(26-78)51(91)72-36(23-43(82)83)53(93)76-20-8-13-40(76)54(94)75-19-7-12-39(75)52(92)68-31(10-3-5-17-58)45(85)66-30(9-2-4-16-57)46(86)69-33(55(95)96)11-6-18-64-56(61)62/h24,27-28,30-40,77-78H,2-23,25-26,57-59H2,1H3,(H2,60,79)(H,63,65)(H,66,85)(H,67,90)(H,68,92)(H,69,86)(H,70,84)(H,71,87)(H,72,91)(H,73,88)(H,74,89)(H,80,81)(H,82,83)(H,95,96)(H4,61,62,64)/t28-,30-,31-,32-,33-,34-,35-,36-,37-,38-,39-,40-/m0/s1. The van der Waals surface area contributed by atoms with E-state index >= 15 is 0 Å². The number of aliphatic hydroxyl groups is 2. The molecule has 12 amide bonds. The van der Waals surface area contributed by atoms with E-state index in [0.717, 1.165) is 4.90 Å². The summed E-state index contributed by atoms with van der Waals surface area (Å²) in [5.41, 5.74) is 33.2. The number of nitrogens with two attached hydrogens (primary N) is 6. The molecule has 0 aliphatic carbocycles. The summed E-state index contributed by atoms with van der Waals surface area (Å²) in [6.45, 7) is -0.758. The number of aliphatic carboxylic acids is 3. The number of primary amides is 1. The number of unbranched alkanes of at least 4 members (excludes halogenated alkanes) is 2. The first-order valence-corrected chi connectivity index (χ1v) is 31.2. The number of carboxylic acids is 3. The lowest BCUT2D eigenvalue weighted by Gasteiger charge is -2.33. The SMILES string of the molecule is C[C@H](N)C(=O)N[C@@H](CC(=O)O)C(=O)N[C@@H](CO)C(=O)N[C@@H](CCC(N)=O)C(=O)N[C@@H](Cc1cnc[nH]1)C(=O)N[C@@H](CO)C(=O)N[C@@H](CC(=O)O)C(=O)N1CCC[C@H]1C(=O)N1CCC[C@H]1C(=O)N[C@@H](CCCCN)C(=O)N[C@@H](CCCCN)C(=O)N[C@@H](CCCN=C(N)N)C(=O)O. The van der Waals surface area contributed by atoms with Crippen LogP contribution >= 0.6 is 0 Å². The number of carboxylic acid groups (broad SMARTS) is 3. The molecule has 1 aromatic rings. The molecule has 40 nitrogen and oxygen atoms in total. The van der Waals surface area contributed by atoms with Crippen molar-refractivity contribution in [3.63, 3.8) is 0 Å². The Morgan fingerprint density at radius 1 is 0.552 bits per heavy atom. The summed E-state index contributed by atoms with van der Waals surface area (Å²) < 4.78 is 0. The number of guanidine groups is 1. The fourth-order valence-corrected chi connectivity index (χ4v) is 10.3. The van der Waals surface area contributed by atoms with E-state index in [9.17, 15) is 97.5 Å². The third kappa shape index (κ3) is 27.0. The van der Waals surface area contributed by atoms with Gasteiger partial charge in [0.25, 0.3) is 0 Å². The van der Waals surface area contributed by atoms with Gasteiger partial charge in [-0.15, -0.1) is 0 Å². The lowest BCUT2D eigenvalue weighted by Crippen LogP contribution is -2.61. The van der Waals surface area contributed by atoms with E-state index in [2.05, 4.69) is 62.8 Å². The van der Waals surface area contributed by atoms with Gasteiger partial charge in [0, 0.05) is 44.4 Å². The third-order valence-corrected chi connectivity index (χ3v) is 15.4. The molecule has 2 saturated heterocycles. The number of aromatic nitrogens is 2. The summed E-state index contributed by atoms with van der Waals surface area (Å²) in [6.07, 6.45) is 0.968. The molecule has 12 atom stereocenters. The van der Waals surface area contributed by atoms with Crippen molar-refractivity contribution in [2.75, 3.05) is 45.9 Å². The zero-order valence-corrected chi connectivity index (χ0v) is 53.2. The Morgan fingerprint density at radius 3 is 1.48 bits per heavy atom. The van der Waals surface area contributed by atoms with Crippen molar-refractivity contribution in [3.05, 3.63) is 18.2 Å². The number of hydrogen-bond donors (Lipinski definition) is 21. The molecule has 0 unspecified atom stereocenters. The normalized spacial score (nSPS) is 17.4. The maximum Gasteiger partial charge on any atom is 0.326 e. The molecule has 0 bridgehead atoms. The van der Waals surface area contributed by atoms with Gasteiger partial charge in [0.2, 0.25) is 70.9 Å². The summed E-state index contributed by atoms with van der Waals surface area (Å²) in [7, 11) is 0. The average molecular weight is 1370 g/mol. The van der Waals surface area contributed by atoms with E-state index in [1.165, 1.54) is 24.3 Å². The third-order valence-electron chi connectivity index (χ3n) is 15.4. The van der Waals surface area contributed by atoms with Crippen LogP contribution in [0.25, 0.3) is 0 Å². The number of hydrogen-bond acceptors (Lipinski definition) is 22. The second-order valence-corrected chi connectivity index (χ2v) is 22.9. The molecule has 96 heavy (non-hydrogen) atoms. The number of aliphatic imine (C=N–C) groups is 1. The monoisotopic (exact) mass is 1360 g/mol. The fraction of sp³-hybridized carbons (Fsp3) is 0.661. The Labute approximate surface area is 550 Å². The van der Waals surface area contributed by atoms with E-state index in [1.807, 2.05) is 0 Å². The van der Waals surface area contributed by atoms with Gasteiger partial charge in [-0.25, -0.2) is 9.78 Å². The van der Waals surface area contributed by atoms with Crippen LogP contribution in [0.4, 0.5) is 0 Å². The highest BCUT2D eigenvalue weighted by atomic mass is 16.4. The maximum atomic E-state index is 14.6. The van der Waals surface area contributed by atoms with E-state index < -0.39 is 207 Å². The number of likely N-dealkylation sites (tertiary alicyclic amines) is 2. The first-order valence-electron chi connectivity index (χ1n) is 31.2. The molecule has 3 heterocycles. The van der Waals surface area contributed by atoms with Crippen LogP contribution in [-0.2, 0) is 78.3 Å². The van der Waals surface area contributed by atoms with E-state index in [1.54, 1.807) is 0 Å². The summed E-state index contributed by atoms with van der Waals surface area (Å²) in [5, 5.41) is 70.7. The highest BCUT2D eigenvalue weighted by Crippen LogP contribution is 2.26. The molecule has 0 saturated carbocycles. The van der Waals surface area contributed by atoms with Gasteiger partial charge in [-0.1, -0.05) is 0 Å². The lowest BCUT2D eigenvalue weighted by atomic mass is 10.0. The predicted octanol–water partition coefficient (Wildman–Crippen LogP) is -9.76. The highest BCUT2D eigenvalue weighted by Gasteiger charge is 2.45. The van der Waals surface area contributed by atoms with Crippen molar-refractivity contribution in [1.29, 1.82) is 0 Å². The minimum atomic E-state index is -2.01. The molecule has 1 aromatic heterocycles. The minimum absolute atomic E-state index is 0.00227. The number of nitrogens with zero attached hydrogens (tertiary/aromatic N) is 4. The van der Waals surface area contributed by atoms with Crippen molar-refractivity contribution in [2.45, 2.75) is 189 Å². The van der Waals surface area contributed by atoms with Crippen LogP contribution in [0.5, 0.6) is 0 Å². The first kappa shape index (κ1) is 80.6. The Kier molecular flexibility index (Phi) is 34.6. The van der Waals surface area contributed by atoms with Crippen LogP contribution in [0.2, 0.25) is 0 Å². The number of carbonyl (C=O) groups is 15. The van der Waals surface area contributed by atoms with Crippen molar-refractivity contribution in [3.8, 4) is 0 Å². The van der Waals surface area contributed by atoms with E-state index in [4.69, 9.17) is 34.4 Å². The fourth-order valence-electron chi connectivity index (χ4n) is 10.3. The quantitative estimate of drug-likeness (QED) is 0.0164. The Balaban J connectivity index is 1.84. The van der Waals surface area contributed by atoms with Gasteiger partial charge in [-0.3, -0.25) is 72.1 Å². The summed E-state index contributed by atoms with van der Waals surface area (Å²) >= 11 is 0. The van der Waals surface area contributed by atoms with Gasteiger partial charge in [0.15, 0.2) is 5.96 Å². The predicted molar refractivity (Wildman–Crippen MR) is 333 cm³/mol. The van der Waals surface area contributed by atoms with Crippen molar-refractivity contribution in [2.24, 2.45) is 39.4 Å². The number of amides is 12. The molecule has 0 spiro atoms. The number of aliphatic hydroxyl groups excluding tert-OH is 2. The molecule has 0 radical (unpaired) electrons. The largest absolute Gasteiger partial charge is 0.481 e. The molecular weight excluding hydrogens is 1270 g/mol. The lowest BCUT2D eigenvalue weighted by molar-refractivity contribution is -0.150. The average Bonchev–Trinajstić information content (AvgIpc) is 1.59. The van der Waals surface area contributed by atoms with Gasteiger partial charge in [0.1, 0.15) is 66.5 Å². The van der Waals surface area contributed by atoms with Crippen LogP contribution in [0, 0.1) is 0 Å². The number of nitrogens with one attached hydrogen (secondary N) is 10. The van der Waals surface area contributed by atoms with Gasteiger partial charge < -0.3 is 123 Å². The van der Waals surface area contributed by atoms with Gasteiger partial charge in [-0.2, -0.15) is 0 Å². The van der Waals surface area contributed by atoms with Crippen LogP contribution in [0.3, 0.4) is 0 Å². The smallest absolute Gasteiger partial charge is 0.326 e. The Hall–Kier alpha value is -9.67. The number of rotatable bonds is 44. The molecular formula is C56H92N20O20. The van der Waals surface area contributed by atoms with Gasteiger partial charge in [-0.05, 0) is 103 Å². The van der Waals surface area contributed by atoms with E-state index in [0.29, 0.717) is 25.7 Å². The second kappa shape index (κ2) is 41.2. The number of aromatic amines is 1. The molecule has 27 N–H and O–H groups in total. The highest BCUT2D eigenvalue weighted by molar-refractivity contribution is 6.00. The zero-order valence-electron chi connectivity index (χ0n) is 53.2. The van der Waals surface area contributed by atoms with Gasteiger partial charge >= 0.3 is 17.9 Å². The van der Waals surface area contributed by atoms with Crippen LogP contribution in [0.15, 0.2) is 17.5 Å². The van der Waals surface area contributed by atoms with Crippen molar-refractivity contribution >= 4 is 94.8 Å².